The van der Waals surface area contributed by atoms with E-state index in [-0.39, 0.29) is 42.7 Å². The number of carboxylic acid groups (broad SMARTS) is 1. The Morgan fingerprint density at radius 3 is 2.51 bits per heavy atom. The lowest BCUT2D eigenvalue weighted by Gasteiger charge is -2.35. The number of urea groups is 1. The molecule has 2 unspecified atom stereocenters. The Hall–Kier alpha value is -4.71. The molecule has 1 fully saturated rings. The maximum absolute atomic E-state index is 14.3. The molecule has 2 atom stereocenters. The van der Waals surface area contributed by atoms with Gasteiger partial charge in [-0.2, -0.15) is 0 Å². The number of carbonyl (C=O) groups excluding carboxylic acids is 3. The number of rotatable bonds is 7. The maximum atomic E-state index is 14.3. The van der Waals surface area contributed by atoms with Crippen LogP contribution >= 0.6 is 11.6 Å². The zero-order valence-electron chi connectivity index (χ0n) is 23.7. The quantitative estimate of drug-likeness (QED) is 0.298. The number of amidine groups is 1. The monoisotopic (exact) mass is 607 g/mol. The SMILES string of the molecule is CC(C)(C)Oc1cc(C(=O)CC(=O)O)ccc1C1=NC(c2ccc(Cl)cc2)C(c2ccno2)N1C(=O)N1CCNC(=O)C1. The molecule has 0 aliphatic carbocycles. The number of benzene rings is 2. The standard InChI is InChI=1S/C30H30ClN5O7/c1-30(2,3)42-23-14-18(21(37)15-25(39)40)6-9-20(23)28-34-26(17-4-7-19(31)8-5-17)27(22-10-11-33-43-22)36(28)29(41)35-13-12-32-24(38)16-35/h4-11,14,26-27H,12-13,15-16H2,1-3H3,(H,32,38)(H,39,40). The Bertz CT molecular complexity index is 1580. The molecule has 0 saturated carbocycles. The van der Waals surface area contributed by atoms with Crippen LogP contribution in [0.25, 0.3) is 0 Å². The van der Waals surface area contributed by atoms with Crippen molar-refractivity contribution in [1.29, 1.82) is 0 Å². The van der Waals surface area contributed by atoms with Crippen LogP contribution in [0.2, 0.25) is 5.02 Å². The highest BCUT2D eigenvalue weighted by Crippen LogP contribution is 2.45. The van der Waals surface area contributed by atoms with Crippen LogP contribution in [0.5, 0.6) is 5.75 Å². The molecule has 1 aromatic heterocycles. The molecule has 2 aliphatic heterocycles. The molecular formula is C30H30ClN5O7. The average molecular weight is 608 g/mol. The molecule has 3 amide bonds. The summed E-state index contributed by atoms with van der Waals surface area (Å²) in [5, 5.41) is 16.3. The molecule has 2 aromatic carbocycles. The first-order valence-electron chi connectivity index (χ1n) is 13.6. The molecule has 5 rings (SSSR count). The number of aliphatic carboxylic acids is 1. The van der Waals surface area contributed by atoms with E-state index in [1.54, 1.807) is 36.4 Å². The number of hydrogen-bond donors (Lipinski definition) is 2. The molecule has 1 saturated heterocycles. The molecule has 13 heteroatoms. The number of ether oxygens (including phenoxy) is 1. The van der Waals surface area contributed by atoms with Gasteiger partial charge in [-0.3, -0.25) is 24.3 Å². The fraction of sp³-hybridized carbons (Fsp3) is 0.333. The lowest BCUT2D eigenvalue weighted by molar-refractivity contribution is -0.136. The Morgan fingerprint density at radius 1 is 1.14 bits per heavy atom. The molecule has 2 aliphatic rings. The zero-order chi connectivity index (χ0) is 30.9. The van der Waals surface area contributed by atoms with Crippen molar-refractivity contribution in [2.24, 2.45) is 4.99 Å². The number of hydrogen-bond acceptors (Lipinski definition) is 8. The van der Waals surface area contributed by atoms with Crippen LogP contribution in [0.3, 0.4) is 0 Å². The number of aliphatic imine (C=N–C) groups is 1. The normalized spacial score (nSPS) is 18.7. The first kappa shape index (κ1) is 29.8. The van der Waals surface area contributed by atoms with Crippen molar-refractivity contribution >= 4 is 41.1 Å². The number of amides is 3. The van der Waals surface area contributed by atoms with Crippen LogP contribution in [0.1, 0.15) is 66.5 Å². The summed E-state index contributed by atoms with van der Waals surface area (Å²) in [5.41, 5.74) is 0.525. The van der Waals surface area contributed by atoms with Gasteiger partial charge >= 0.3 is 12.0 Å². The van der Waals surface area contributed by atoms with Crippen molar-refractivity contribution in [1.82, 2.24) is 20.3 Å². The molecule has 2 N–H and O–H groups in total. The van der Waals surface area contributed by atoms with E-state index in [1.165, 1.54) is 28.1 Å². The lowest BCUT2D eigenvalue weighted by Crippen LogP contribution is -2.55. The highest BCUT2D eigenvalue weighted by atomic mass is 35.5. The zero-order valence-corrected chi connectivity index (χ0v) is 24.5. The number of piperazine rings is 1. The summed E-state index contributed by atoms with van der Waals surface area (Å²) in [6, 6.07) is 11.3. The minimum Gasteiger partial charge on any atom is -0.487 e. The van der Waals surface area contributed by atoms with Crippen molar-refractivity contribution in [3.05, 3.63) is 82.2 Å². The van der Waals surface area contributed by atoms with E-state index < -0.39 is 41.9 Å². The smallest absolute Gasteiger partial charge is 0.326 e. The number of nitrogens with zero attached hydrogens (tertiary/aromatic N) is 4. The third kappa shape index (κ3) is 6.54. The Balaban J connectivity index is 1.69. The fourth-order valence-electron chi connectivity index (χ4n) is 5.01. The number of carboxylic acids is 1. The van der Waals surface area contributed by atoms with Gasteiger partial charge in [-0.15, -0.1) is 0 Å². The molecule has 224 valence electrons. The van der Waals surface area contributed by atoms with E-state index in [9.17, 15) is 19.2 Å². The molecule has 0 radical (unpaired) electrons. The van der Waals surface area contributed by atoms with Crippen LogP contribution < -0.4 is 10.1 Å². The third-order valence-corrected chi connectivity index (χ3v) is 7.07. The summed E-state index contributed by atoms with van der Waals surface area (Å²) >= 11 is 6.17. The second-order valence-corrected chi connectivity index (χ2v) is 11.6. The van der Waals surface area contributed by atoms with E-state index in [4.69, 9.17) is 31.0 Å². The van der Waals surface area contributed by atoms with E-state index >= 15 is 0 Å². The van der Waals surface area contributed by atoms with Crippen molar-refractivity contribution in [2.75, 3.05) is 19.6 Å². The summed E-state index contributed by atoms with van der Waals surface area (Å²) in [7, 11) is 0. The number of nitrogens with one attached hydrogen (secondary N) is 1. The largest absolute Gasteiger partial charge is 0.487 e. The molecule has 3 heterocycles. The van der Waals surface area contributed by atoms with Crippen molar-refractivity contribution in [3.63, 3.8) is 0 Å². The van der Waals surface area contributed by atoms with Gasteiger partial charge in [0.05, 0.1) is 11.8 Å². The van der Waals surface area contributed by atoms with E-state index in [0.717, 1.165) is 5.56 Å². The van der Waals surface area contributed by atoms with E-state index in [1.807, 2.05) is 20.8 Å². The summed E-state index contributed by atoms with van der Waals surface area (Å²) < 4.78 is 11.9. The maximum Gasteiger partial charge on any atom is 0.326 e. The molecular weight excluding hydrogens is 578 g/mol. The van der Waals surface area contributed by atoms with Gasteiger partial charge in [0, 0.05) is 29.7 Å². The second-order valence-electron chi connectivity index (χ2n) is 11.2. The molecule has 12 nitrogen and oxygen atoms in total. The second kappa shape index (κ2) is 11.9. The Labute approximate surface area is 252 Å². The number of aromatic nitrogens is 1. The van der Waals surface area contributed by atoms with Gasteiger partial charge in [0.1, 0.15) is 42.2 Å². The van der Waals surface area contributed by atoms with Crippen LogP contribution in [-0.4, -0.2) is 74.8 Å². The van der Waals surface area contributed by atoms with Crippen molar-refractivity contribution in [3.8, 4) is 5.75 Å². The van der Waals surface area contributed by atoms with Crippen LogP contribution in [0.15, 0.2) is 64.2 Å². The Morgan fingerprint density at radius 2 is 1.88 bits per heavy atom. The highest BCUT2D eigenvalue weighted by molar-refractivity contribution is 6.30. The molecule has 43 heavy (non-hydrogen) atoms. The molecule has 0 bridgehead atoms. The average Bonchev–Trinajstić information content (AvgIpc) is 3.60. The summed E-state index contributed by atoms with van der Waals surface area (Å²) in [6.07, 6.45) is 0.781. The first-order chi connectivity index (χ1) is 20.4. The van der Waals surface area contributed by atoms with Crippen LogP contribution in [-0.2, 0) is 9.59 Å². The Kier molecular flexibility index (Phi) is 8.23. The summed E-state index contributed by atoms with van der Waals surface area (Å²) in [6.45, 7) is 5.88. The minimum atomic E-state index is -1.25. The third-order valence-electron chi connectivity index (χ3n) is 6.81. The van der Waals surface area contributed by atoms with Crippen molar-refractivity contribution in [2.45, 2.75) is 44.9 Å². The van der Waals surface area contributed by atoms with Crippen molar-refractivity contribution < 1.29 is 33.5 Å². The predicted octanol–water partition coefficient (Wildman–Crippen LogP) is 4.26. The highest BCUT2D eigenvalue weighted by Gasteiger charge is 2.47. The minimum absolute atomic E-state index is 0.135. The topological polar surface area (TPSA) is 155 Å². The number of ketones is 1. The van der Waals surface area contributed by atoms with Gasteiger partial charge in [0.2, 0.25) is 5.91 Å². The van der Waals surface area contributed by atoms with Gasteiger partial charge in [-0.1, -0.05) is 35.0 Å². The van der Waals surface area contributed by atoms with E-state index in [0.29, 0.717) is 16.3 Å². The van der Waals surface area contributed by atoms with Gasteiger partial charge in [0.25, 0.3) is 0 Å². The first-order valence-corrected chi connectivity index (χ1v) is 14.0. The number of Topliss-reactive ketones (excluding diaryl/α,β-unsaturated/α-hetero) is 1. The lowest BCUT2D eigenvalue weighted by atomic mass is 9.98. The number of carbonyl (C=O) groups is 4. The predicted molar refractivity (Wildman–Crippen MR) is 155 cm³/mol. The van der Waals surface area contributed by atoms with Crippen LogP contribution in [0, 0.1) is 0 Å². The van der Waals surface area contributed by atoms with Gasteiger partial charge in [-0.25, -0.2) is 4.79 Å². The number of halogens is 1. The van der Waals surface area contributed by atoms with Gasteiger partial charge < -0.3 is 24.6 Å². The fourth-order valence-corrected chi connectivity index (χ4v) is 5.14. The van der Waals surface area contributed by atoms with Crippen LogP contribution in [0.4, 0.5) is 4.79 Å². The van der Waals surface area contributed by atoms with E-state index in [2.05, 4.69) is 10.5 Å². The van der Waals surface area contributed by atoms with Gasteiger partial charge in [0.15, 0.2) is 11.5 Å². The molecule has 0 spiro atoms. The molecule has 3 aromatic rings. The van der Waals surface area contributed by atoms with Gasteiger partial charge in [-0.05, 0) is 50.6 Å². The summed E-state index contributed by atoms with van der Waals surface area (Å²) in [4.78, 5) is 58.4. The summed E-state index contributed by atoms with van der Waals surface area (Å²) in [5.74, 6) is -1.34.